The van der Waals surface area contributed by atoms with Crippen LogP contribution in [-0.2, 0) is 11.3 Å². The summed E-state index contributed by atoms with van der Waals surface area (Å²) < 4.78 is 12.3. The smallest absolute Gasteiger partial charge is 0.255 e. The molecule has 0 spiro atoms. The second kappa shape index (κ2) is 8.13. The summed E-state index contributed by atoms with van der Waals surface area (Å²) in [6, 6.07) is 2.02. The van der Waals surface area contributed by atoms with Crippen LogP contribution in [-0.4, -0.2) is 52.8 Å². The maximum atomic E-state index is 12.6. The van der Waals surface area contributed by atoms with Gasteiger partial charge in [-0.1, -0.05) is 0 Å². The molecule has 0 bridgehead atoms. The molecule has 0 saturated heterocycles. The number of pyridine rings is 1. The Balaban J connectivity index is 2.00. The van der Waals surface area contributed by atoms with E-state index < -0.39 is 0 Å². The van der Waals surface area contributed by atoms with Crippen LogP contribution in [0.15, 0.2) is 24.8 Å². The predicted octanol–water partition coefficient (Wildman–Crippen LogP) is 1.88. The Labute approximate surface area is 157 Å². The quantitative estimate of drug-likeness (QED) is 0.640. The van der Waals surface area contributed by atoms with E-state index in [1.165, 1.54) is 6.33 Å². The Morgan fingerprint density at radius 1 is 1.22 bits per heavy atom. The number of aryl methyl sites for hydroxylation is 1. The lowest BCUT2D eigenvalue weighted by molar-refractivity contribution is 0.0938. The Morgan fingerprint density at radius 3 is 2.78 bits per heavy atom. The molecule has 0 fully saturated rings. The Kier molecular flexibility index (Phi) is 5.66. The number of carbonyl (C=O) groups excluding carboxylic acids is 1. The van der Waals surface area contributed by atoms with Gasteiger partial charge < -0.3 is 19.4 Å². The fourth-order valence-corrected chi connectivity index (χ4v) is 2.92. The first-order chi connectivity index (χ1) is 13.0. The molecule has 3 aromatic rings. The average Bonchev–Trinajstić information content (AvgIpc) is 3.01. The van der Waals surface area contributed by atoms with Crippen molar-refractivity contribution in [2.75, 3.05) is 27.4 Å². The van der Waals surface area contributed by atoms with E-state index in [2.05, 4.69) is 20.3 Å². The van der Waals surface area contributed by atoms with Crippen molar-refractivity contribution in [1.29, 1.82) is 0 Å². The van der Waals surface area contributed by atoms with E-state index in [0.717, 1.165) is 22.3 Å². The number of fused-ring (bicyclic) bond motifs is 1. The number of nitrogens with one attached hydrogen (secondary N) is 1. The van der Waals surface area contributed by atoms with Crippen LogP contribution in [0.1, 0.15) is 27.2 Å². The van der Waals surface area contributed by atoms with Crippen molar-refractivity contribution in [2.24, 2.45) is 0 Å². The van der Waals surface area contributed by atoms with Gasteiger partial charge in [0.15, 0.2) is 0 Å². The predicted molar refractivity (Wildman–Crippen MR) is 101 cm³/mol. The van der Waals surface area contributed by atoms with E-state index in [0.29, 0.717) is 36.7 Å². The molecule has 0 aromatic carbocycles. The second-order valence-corrected chi connectivity index (χ2v) is 6.25. The lowest BCUT2D eigenvalue weighted by atomic mass is 10.2. The van der Waals surface area contributed by atoms with Crippen LogP contribution >= 0.6 is 0 Å². The maximum absolute atomic E-state index is 12.6. The minimum absolute atomic E-state index is 0.177. The zero-order valence-corrected chi connectivity index (χ0v) is 15.9. The number of aromatic nitrogens is 4. The monoisotopic (exact) mass is 369 g/mol. The van der Waals surface area contributed by atoms with Gasteiger partial charge >= 0.3 is 0 Å². The van der Waals surface area contributed by atoms with Gasteiger partial charge in [-0.05, 0) is 25.5 Å². The van der Waals surface area contributed by atoms with E-state index in [4.69, 9.17) is 9.47 Å². The molecule has 0 saturated carbocycles. The third kappa shape index (κ3) is 3.90. The van der Waals surface area contributed by atoms with Gasteiger partial charge in [-0.3, -0.25) is 9.78 Å². The molecule has 142 valence electrons. The number of nitrogens with zero attached hydrogens (tertiary/aromatic N) is 4. The van der Waals surface area contributed by atoms with Gasteiger partial charge in [0.2, 0.25) is 5.88 Å². The van der Waals surface area contributed by atoms with E-state index in [1.807, 2.05) is 30.7 Å². The molecule has 27 heavy (non-hydrogen) atoms. The molecule has 1 amide bonds. The average molecular weight is 369 g/mol. The van der Waals surface area contributed by atoms with Crippen LogP contribution in [0.2, 0.25) is 0 Å². The van der Waals surface area contributed by atoms with Crippen molar-refractivity contribution in [3.05, 3.63) is 47.2 Å². The molecule has 1 N–H and O–H groups in total. The van der Waals surface area contributed by atoms with E-state index in [9.17, 15) is 4.79 Å². The SMILES string of the molecule is COCCNC(=O)c1cn(Cc2ncnc(OC)c2C)c2cc(C)cnc12. The normalized spacial score (nSPS) is 11.0. The van der Waals surface area contributed by atoms with Gasteiger partial charge in [0.05, 0.1) is 37.0 Å². The van der Waals surface area contributed by atoms with Crippen molar-refractivity contribution < 1.29 is 14.3 Å². The molecule has 0 aliphatic rings. The molecule has 3 rings (SSSR count). The molecule has 0 atom stereocenters. The molecule has 8 heteroatoms. The van der Waals surface area contributed by atoms with Gasteiger partial charge in [-0.15, -0.1) is 0 Å². The summed E-state index contributed by atoms with van der Waals surface area (Å²) in [7, 11) is 3.18. The number of hydrogen-bond donors (Lipinski definition) is 1. The highest BCUT2D eigenvalue weighted by Gasteiger charge is 2.18. The highest BCUT2D eigenvalue weighted by molar-refractivity contribution is 6.05. The summed E-state index contributed by atoms with van der Waals surface area (Å²) in [5, 5.41) is 2.85. The lowest BCUT2D eigenvalue weighted by Crippen LogP contribution is -2.26. The topological polar surface area (TPSA) is 91.2 Å². The molecular formula is C19H23N5O3. The second-order valence-electron chi connectivity index (χ2n) is 6.25. The zero-order chi connectivity index (χ0) is 19.4. The van der Waals surface area contributed by atoms with Gasteiger partial charge in [0, 0.05) is 31.6 Å². The Morgan fingerprint density at radius 2 is 2.04 bits per heavy atom. The number of carbonyl (C=O) groups is 1. The van der Waals surface area contributed by atoms with Crippen LogP contribution in [0, 0.1) is 13.8 Å². The number of rotatable bonds is 7. The van der Waals surface area contributed by atoms with Crippen molar-refractivity contribution >= 4 is 16.9 Å². The summed E-state index contributed by atoms with van der Waals surface area (Å²) in [4.78, 5) is 25.6. The number of ether oxygens (including phenoxy) is 2. The first-order valence-corrected chi connectivity index (χ1v) is 8.62. The summed E-state index contributed by atoms with van der Waals surface area (Å²) in [6.07, 6.45) is 5.06. The van der Waals surface area contributed by atoms with Gasteiger partial charge in [-0.2, -0.15) is 0 Å². The van der Waals surface area contributed by atoms with Crippen LogP contribution in [0.5, 0.6) is 5.88 Å². The van der Waals surface area contributed by atoms with Gasteiger partial charge in [0.25, 0.3) is 5.91 Å². The summed E-state index contributed by atoms with van der Waals surface area (Å²) >= 11 is 0. The molecule has 0 aliphatic carbocycles. The number of hydrogen-bond acceptors (Lipinski definition) is 6. The molecule has 3 heterocycles. The van der Waals surface area contributed by atoms with Crippen molar-refractivity contribution in [3.63, 3.8) is 0 Å². The molecule has 0 unspecified atom stereocenters. The van der Waals surface area contributed by atoms with Crippen LogP contribution in [0.3, 0.4) is 0 Å². The highest BCUT2D eigenvalue weighted by atomic mass is 16.5. The van der Waals surface area contributed by atoms with E-state index in [1.54, 1.807) is 20.4 Å². The fourth-order valence-electron chi connectivity index (χ4n) is 2.92. The molecule has 0 radical (unpaired) electrons. The summed E-state index contributed by atoms with van der Waals surface area (Å²) in [5.41, 5.74) is 4.78. The first-order valence-electron chi connectivity index (χ1n) is 8.62. The standard InChI is InChI=1S/C19H23N5O3/c1-12-7-16-17(21-8-12)14(18(25)20-5-6-26-3)9-24(16)10-15-13(2)19(27-4)23-11-22-15/h7-9,11H,5-6,10H2,1-4H3,(H,20,25). The summed E-state index contributed by atoms with van der Waals surface area (Å²) in [6.45, 7) is 5.27. The third-order valence-corrected chi connectivity index (χ3v) is 4.35. The molecular weight excluding hydrogens is 346 g/mol. The minimum atomic E-state index is -0.177. The largest absolute Gasteiger partial charge is 0.481 e. The highest BCUT2D eigenvalue weighted by Crippen LogP contribution is 2.23. The summed E-state index contributed by atoms with van der Waals surface area (Å²) in [5.74, 6) is 0.368. The molecule has 8 nitrogen and oxygen atoms in total. The van der Waals surface area contributed by atoms with Gasteiger partial charge in [-0.25, -0.2) is 9.97 Å². The Bertz CT molecular complexity index is 967. The van der Waals surface area contributed by atoms with Crippen molar-refractivity contribution in [3.8, 4) is 5.88 Å². The minimum Gasteiger partial charge on any atom is -0.481 e. The third-order valence-electron chi connectivity index (χ3n) is 4.35. The molecule has 3 aromatic heterocycles. The fraction of sp³-hybridized carbons (Fsp3) is 0.368. The maximum Gasteiger partial charge on any atom is 0.255 e. The van der Waals surface area contributed by atoms with Crippen molar-refractivity contribution in [2.45, 2.75) is 20.4 Å². The lowest BCUT2D eigenvalue weighted by Gasteiger charge is -2.10. The zero-order valence-electron chi connectivity index (χ0n) is 15.9. The van der Waals surface area contributed by atoms with Crippen LogP contribution in [0.25, 0.3) is 11.0 Å². The number of amides is 1. The Hall–Kier alpha value is -3.00. The van der Waals surface area contributed by atoms with Crippen LogP contribution < -0.4 is 10.1 Å². The van der Waals surface area contributed by atoms with Crippen molar-refractivity contribution in [1.82, 2.24) is 24.8 Å². The number of methoxy groups -OCH3 is 2. The first kappa shape index (κ1) is 18.8. The molecule has 0 aliphatic heterocycles. The van der Waals surface area contributed by atoms with Crippen LogP contribution in [0.4, 0.5) is 0 Å². The van der Waals surface area contributed by atoms with E-state index in [-0.39, 0.29) is 5.91 Å². The van der Waals surface area contributed by atoms with E-state index >= 15 is 0 Å². The van der Waals surface area contributed by atoms with Gasteiger partial charge in [0.1, 0.15) is 11.8 Å².